The van der Waals surface area contributed by atoms with Crippen molar-refractivity contribution in [1.29, 1.82) is 0 Å². The van der Waals surface area contributed by atoms with Gasteiger partial charge in [0, 0.05) is 6.42 Å². The maximum Gasteiger partial charge on any atom is 0.395 e. The number of alkyl halides is 3. The fourth-order valence-electron chi connectivity index (χ4n) is 1.41. The van der Waals surface area contributed by atoms with Crippen LogP contribution < -0.4 is 0 Å². The Kier molecular flexibility index (Phi) is 7.44. The first-order chi connectivity index (χ1) is 6.95. The molecular weight excluding hydrogens is 205 g/mol. The number of halogens is 3. The number of hydrogen-bond acceptors (Lipinski definition) is 1. The summed E-state index contributed by atoms with van der Waals surface area (Å²) in [5, 5.41) is 0. The number of carbonyl (C=O) groups is 1. The van der Waals surface area contributed by atoms with Crippen molar-refractivity contribution >= 4 is 5.78 Å². The lowest BCUT2D eigenvalue weighted by molar-refractivity contribution is -0.152. The van der Waals surface area contributed by atoms with E-state index in [1.807, 2.05) is 0 Å². The first kappa shape index (κ1) is 14.5. The molecule has 0 atom stereocenters. The zero-order valence-corrected chi connectivity index (χ0v) is 9.20. The van der Waals surface area contributed by atoms with Crippen LogP contribution in [0.25, 0.3) is 0 Å². The Morgan fingerprint density at radius 1 is 1.00 bits per heavy atom. The molecule has 15 heavy (non-hydrogen) atoms. The topological polar surface area (TPSA) is 17.1 Å². The van der Waals surface area contributed by atoms with Gasteiger partial charge in [0.1, 0.15) is 12.2 Å². The molecular formula is C11H19F3O. The van der Waals surface area contributed by atoms with Crippen LogP contribution in [0.1, 0.15) is 58.3 Å². The van der Waals surface area contributed by atoms with Crippen LogP contribution in [-0.2, 0) is 4.79 Å². The Morgan fingerprint density at radius 3 is 2.07 bits per heavy atom. The molecule has 0 aromatic heterocycles. The summed E-state index contributed by atoms with van der Waals surface area (Å²) in [4.78, 5) is 10.8. The van der Waals surface area contributed by atoms with Crippen molar-refractivity contribution in [3.8, 4) is 0 Å². The van der Waals surface area contributed by atoms with Gasteiger partial charge < -0.3 is 0 Å². The van der Waals surface area contributed by atoms with E-state index in [1.165, 1.54) is 0 Å². The van der Waals surface area contributed by atoms with Crippen LogP contribution in [0.5, 0.6) is 0 Å². The summed E-state index contributed by atoms with van der Waals surface area (Å²) in [6.45, 7) is 2.10. The van der Waals surface area contributed by atoms with Crippen molar-refractivity contribution in [3.05, 3.63) is 0 Å². The van der Waals surface area contributed by atoms with Gasteiger partial charge in [-0.15, -0.1) is 0 Å². The molecule has 1 nitrogen and oxygen atoms in total. The molecule has 0 aliphatic heterocycles. The van der Waals surface area contributed by atoms with Gasteiger partial charge in [0.25, 0.3) is 0 Å². The summed E-state index contributed by atoms with van der Waals surface area (Å²) in [6, 6.07) is 0. The minimum absolute atomic E-state index is 0.0750. The Bertz CT molecular complexity index is 175. The molecule has 0 amide bonds. The molecule has 0 saturated heterocycles. The van der Waals surface area contributed by atoms with Crippen LogP contribution in [0.2, 0.25) is 0 Å². The van der Waals surface area contributed by atoms with Gasteiger partial charge in [0.05, 0.1) is 0 Å². The van der Waals surface area contributed by atoms with Gasteiger partial charge in [-0.25, -0.2) is 0 Å². The zero-order valence-electron chi connectivity index (χ0n) is 9.20. The molecule has 4 heteroatoms. The quantitative estimate of drug-likeness (QED) is 0.563. The largest absolute Gasteiger partial charge is 0.395 e. The minimum Gasteiger partial charge on any atom is -0.299 e. The van der Waals surface area contributed by atoms with Gasteiger partial charge in [0.15, 0.2) is 0 Å². The first-order valence-electron chi connectivity index (χ1n) is 5.54. The SMILES string of the molecule is CCCCCCCCC(=O)CC(F)(F)F. The van der Waals surface area contributed by atoms with Crippen molar-refractivity contribution in [1.82, 2.24) is 0 Å². The van der Waals surface area contributed by atoms with Crippen LogP contribution in [0, 0.1) is 0 Å². The van der Waals surface area contributed by atoms with Gasteiger partial charge in [-0.2, -0.15) is 13.2 Å². The van der Waals surface area contributed by atoms with E-state index in [4.69, 9.17) is 0 Å². The highest BCUT2D eigenvalue weighted by atomic mass is 19.4. The minimum atomic E-state index is -4.33. The zero-order chi connectivity index (χ0) is 11.7. The van der Waals surface area contributed by atoms with Gasteiger partial charge in [-0.05, 0) is 6.42 Å². The standard InChI is InChI=1S/C11H19F3O/c1-2-3-4-5-6-7-8-10(15)9-11(12,13)14/h2-9H2,1H3. The monoisotopic (exact) mass is 224 g/mol. The molecule has 0 aromatic rings. The van der Waals surface area contributed by atoms with E-state index in [1.54, 1.807) is 0 Å². The summed E-state index contributed by atoms with van der Waals surface area (Å²) in [7, 11) is 0. The lowest BCUT2D eigenvalue weighted by Crippen LogP contribution is -2.14. The third-order valence-electron chi connectivity index (χ3n) is 2.21. The molecule has 0 N–H and O–H groups in total. The fraction of sp³-hybridized carbons (Fsp3) is 0.909. The molecule has 0 spiro atoms. The maximum absolute atomic E-state index is 11.8. The number of hydrogen-bond donors (Lipinski definition) is 0. The van der Waals surface area contributed by atoms with E-state index in [0.717, 1.165) is 32.1 Å². The molecule has 0 radical (unpaired) electrons. The van der Waals surface area contributed by atoms with E-state index in [9.17, 15) is 18.0 Å². The third-order valence-corrected chi connectivity index (χ3v) is 2.21. The molecule has 0 rings (SSSR count). The highest BCUT2D eigenvalue weighted by Crippen LogP contribution is 2.21. The van der Waals surface area contributed by atoms with E-state index in [2.05, 4.69) is 6.92 Å². The molecule has 0 heterocycles. The van der Waals surface area contributed by atoms with Crippen LogP contribution in [0.4, 0.5) is 13.2 Å². The van der Waals surface area contributed by atoms with Crippen molar-refractivity contribution in [3.63, 3.8) is 0 Å². The highest BCUT2D eigenvalue weighted by molar-refractivity contribution is 5.78. The second kappa shape index (κ2) is 7.71. The van der Waals surface area contributed by atoms with E-state index < -0.39 is 18.4 Å². The molecule has 0 unspecified atom stereocenters. The van der Waals surface area contributed by atoms with Crippen LogP contribution in [-0.4, -0.2) is 12.0 Å². The van der Waals surface area contributed by atoms with Crippen molar-refractivity contribution in [2.24, 2.45) is 0 Å². The molecule has 0 aromatic carbocycles. The number of rotatable bonds is 8. The van der Waals surface area contributed by atoms with Gasteiger partial charge >= 0.3 is 6.18 Å². The smallest absolute Gasteiger partial charge is 0.299 e. The number of unbranched alkanes of at least 4 members (excludes halogenated alkanes) is 5. The van der Waals surface area contributed by atoms with Gasteiger partial charge in [-0.1, -0.05) is 39.0 Å². The predicted octanol–water partition coefficient (Wildman–Crippen LogP) is 4.26. The van der Waals surface area contributed by atoms with Crippen LogP contribution in [0.3, 0.4) is 0 Å². The average Bonchev–Trinajstić information content (AvgIpc) is 2.08. The van der Waals surface area contributed by atoms with Crippen molar-refractivity contribution < 1.29 is 18.0 Å². The molecule has 0 fully saturated rings. The summed E-state index contributed by atoms with van der Waals surface area (Å²) < 4.78 is 35.3. The number of ketones is 1. The Hall–Kier alpha value is -0.540. The summed E-state index contributed by atoms with van der Waals surface area (Å²) >= 11 is 0. The third kappa shape index (κ3) is 11.4. The Morgan fingerprint density at radius 2 is 1.53 bits per heavy atom. The van der Waals surface area contributed by atoms with E-state index in [0.29, 0.717) is 6.42 Å². The Labute approximate surface area is 89.0 Å². The van der Waals surface area contributed by atoms with Crippen molar-refractivity contribution in [2.45, 2.75) is 64.5 Å². The van der Waals surface area contributed by atoms with Crippen molar-refractivity contribution in [2.75, 3.05) is 0 Å². The molecule has 0 saturated carbocycles. The second-order valence-corrected chi connectivity index (χ2v) is 3.85. The normalized spacial score (nSPS) is 11.7. The predicted molar refractivity (Wildman–Crippen MR) is 53.7 cm³/mol. The van der Waals surface area contributed by atoms with Gasteiger partial charge in [0.2, 0.25) is 0 Å². The lowest BCUT2D eigenvalue weighted by Gasteiger charge is -2.04. The Balaban J connectivity index is 3.32. The van der Waals surface area contributed by atoms with E-state index >= 15 is 0 Å². The summed E-state index contributed by atoms with van der Waals surface area (Å²) in [6.07, 6.45) is 0.385. The summed E-state index contributed by atoms with van der Waals surface area (Å²) in [5.74, 6) is -0.682. The number of carbonyl (C=O) groups excluding carboxylic acids is 1. The molecule has 0 aliphatic rings. The van der Waals surface area contributed by atoms with Crippen LogP contribution >= 0.6 is 0 Å². The lowest BCUT2D eigenvalue weighted by atomic mass is 10.1. The van der Waals surface area contributed by atoms with E-state index in [-0.39, 0.29) is 6.42 Å². The first-order valence-corrected chi connectivity index (χ1v) is 5.54. The molecule has 90 valence electrons. The van der Waals surface area contributed by atoms with Gasteiger partial charge in [-0.3, -0.25) is 4.79 Å². The number of Topliss-reactive ketones (excluding diaryl/α,β-unsaturated/α-hetero) is 1. The summed E-state index contributed by atoms with van der Waals surface area (Å²) in [5.41, 5.74) is 0. The highest BCUT2D eigenvalue weighted by Gasteiger charge is 2.30. The van der Waals surface area contributed by atoms with Crippen LogP contribution in [0.15, 0.2) is 0 Å². The second-order valence-electron chi connectivity index (χ2n) is 3.85. The maximum atomic E-state index is 11.8. The molecule has 0 aliphatic carbocycles. The average molecular weight is 224 g/mol. The molecule has 0 bridgehead atoms. The fourth-order valence-corrected chi connectivity index (χ4v) is 1.41.